The van der Waals surface area contributed by atoms with Gasteiger partial charge in [-0.2, -0.15) is 5.26 Å². The van der Waals surface area contributed by atoms with Gasteiger partial charge in [0.2, 0.25) is 0 Å². The maximum Gasteiger partial charge on any atom is 0.257 e. The number of pyridine rings is 1. The molecule has 1 atom stereocenters. The number of fused-ring (bicyclic) bond motifs is 1. The van der Waals surface area contributed by atoms with Crippen molar-refractivity contribution >= 4 is 5.82 Å². The second-order valence-corrected chi connectivity index (χ2v) is 4.37. The van der Waals surface area contributed by atoms with Gasteiger partial charge in [0.05, 0.1) is 18.1 Å². The molecular formula is C14H11N3O2. The number of ether oxygens (including phenoxy) is 1. The van der Waals surface area contributed by atoms with Crippen molar-refractivity contribution in [1.29, 1.82) is 5.26 Å². The van der Waals surface area contributed by atoms with Crippen molar-refractivity contribution < 1.29 is 4.74 Å². The molecule has 1 aromatic heterocycles. The topological polar surface area (TPSA) is 91.9 Å². The lowest BCUT2D eigenvalue weighted by Gasteiger charge is -2.08. The summed E-state index contributed by atoms with van der Waals surface area (Å²) in [5.74, 6) is 0.213. The van der Waals surface area contributed by atoms with E-state index in [9.17, 15) is 4.79 Å². The van der Waals surface area contributed by atoms with Crippen LogP contribution in [0.4, 0.5) is 5.82 Å². The van der Waals surface area contributed by atoms with Crippen molar-refractivity contribution in [3.8, 4) is 11.8 Å². The van der Waals surface area contributed by atoms with Crippen molar-refractivity contribution in [2.24, 2.45) is 0 Å². The highest BCUT2D eigenvalue weighted by atomic mass is 16.5. The number of aromatic nitrogens is 1. The molecule has 1 aromatic carbocycles. The number of anilines is 1. The summed E-state index contributed by atoms with van der Waals surface area (Å²) in [4.78, 5) is 14.6. The Morgan fingerprint density at radius 3 is 2.79 bits per heavy atom. The predicted molar refractivity (Wildman–Crippen MR) is 70.0 cm³/mol. The van der Waals surface area contributed by atoms with Crippen molar-refractivity contribution in [2.45, 2.75) is 5.92 Å². The molecule has 1 aliphatic heterocycles. The van der Waals surface area contributed by atoms with Gasteiger partial charge in [0, 0.05) is 0 Å². The Kier molecular flexibility index (Phi) is 2.50. The number of nitrogens with one attached hydrogen (secondary N) is 1. The average molecular weight is 253 g/mol. The summed E-state index contributed by atoms with van der Waals surface area (Å²) in [6.07, 6.45) is 0. The number of H-pyrrole nitrogens is 1. The van der Waals surface area contributed by atoms with Gasteiger partial charge in [0.15, 0.2) is 0 Å². The third-order valence-corrected chi connectivity index (χ3v) is 3.29. The Morgan fingerprint density at radius 2 is 2.11 bits per heavy atom. The first-order chi connectivity index (χ1) is 9.22. The Balaban J connectivity index is 2.22. The van der Waals surface area contributed by atoms with E-state index in [2.05, 4.69) is 4.98 Å². The summed E-state index contributed by atoms with van der Waals surface area (Å²) < 4.78 is 5.53. The van der Waals surface area contributed by atoms with Crippen LogP contribution in [0.5, 0.6) is 5.75 Å². The smallest absolute Gasteiger partial charge is 0.257 e. The number of nitrogens with zero attached hydrogens (tertiary/aromatic N) is 1. The minimum absolute atomic E-state index is 0.0555. The molecule has 0 radical (unpaired) electrons. The molecule has 2 aromatic rings. The third kappa shape index (κ3) is 1.66. The molecule has 19 heavy (non-hydrogen) atoms. The first-order valence-electron chi connectivity index (χ1n) is 5.86. The van der Waals surface area contributed by atoms with E-state index < -0.39 is 0 Å². The average Bonchev–Trinajstić information content (AvgIpc) is 2.85. The number of nitrogens with two attached hydrogens (primary N) is 1. The van der Waals surface area contributed by atoms with Gasteiger partial charge in [-0.3, -0.25) is 4.79 Å². The molecule has 5 nitrogen and oxygen atoms in total. The van der Waals surface area contributed by atoms with Crippen LogP contribution in [0, 0.1) is 11.3 Å². The summed E-state index contributed by atoms with van der Waals surface area (Å²) in [6.45, 7) is 0.348. The van der Waals surface area contributed by atoms with E-state index in [4.69, 9.17) is 15.7 Å². The molecule has 0 spiro atoms. The molecule has 3 rings (SSSR count). The van der Waals surface area contributed by atoms with Gasteiger partial charge in [-0.15, -0.1) is 0 Å². The summed E-state index contributed by atoms with van der Waals surface area (Å²) in [5, 5.41) is 9.10. The number of nitriles is 1. The Morgan fingerprint density at radius 1 is 1.37 bits per heavy atom. The van der Waals surface area contributed by atoms with E-state index >= 15 is 0 Å². The first kappa shape index (κ1) is 11.4. The van der Waals surface area contributed by atoms with Crippen LogP contribution in [0.15, 0.2) is 35.1 Å². The molecule has 0 aliphatic carbocycles. The fourth-order valence-electron chi connectivity index (χ4n) is 2.39. The van der Waals surface area contributed by atoms with Crippen molar-refractivity contribution in [3.63, 3.8) is 0 Å². The van der Waals surface area contributed by atoms with E-state index in [1.807, 2.05) is 36.4 Å². The minimum Gasteiger partial charge on any atom is -0.491 e. The van der Waals surface area contributed by atoms with Gasteiger partial charge in [-0.25, -0.2) is 0 Å². The molecule has 1 unspecified atom stereocenters. The van der Waals surface area contributed by atoms with Gasteiger partial charge >= 0.3 is 0 Å². The minimum atomic E-state index is -0.294. The number of hydrogen-bond donors (Lipinski definition) is 2. The zero-order valence-electron chi connectivity index (χ0n) is 10.0. The van der Waals surface area contributed by atoms with E-state index in [0.717, 1.165) is 5.56 Å². The zero-order valence-corrected chi connectivity index (χ0v) is 10.0. The van der Waals surface area contributed by atoms with Crippen LogP contribution in [-0.2, 0) is 0 Å². The van der Waals surface area contributed by atoms with Crippen LogP contribution in [0.2, 0.25) is 0 Å². The fraction of sp³-hybridized carbons (Fsp3) is 0.143. The Labute approximate surface area is 109 Å². The molecule has 2 heterocycles. The largest absolute Gasteiger partial charge is 0.491 e. The van der Waals surface area contributed by atoms with Crippen molar-refractivity contribution in [2.75, 3.05) is 12.3 Å². The van der Waals surface area contributed by atoms with Crippen LogP contribution in [0.3, 0.4) is 0 Å². The summed E-state index contributed by atoms with van der Waals surface area (Å²) in [6, 6.07) is 11.6. The normalized spacial score (nSPS) is 16.5. The molecule has 0 amide bonds. The van der Waals surface area contributed by atoms with Crippen LogP contribution in [-0.4, -0.2) is 11.6 Å². The van der Waals surface area contributed by atoms with Crippen LogP contribution >= 0.6 is 0 Å². The highest BCUT2D eigenvalue weighted by Gasteiger charge is 2.32. The molecule has 1 aliphatic rings. The zero-order chi connectivity index (χ0) is 13.4. The predicted octanol–water partition coefficient (Wildman–Crippen LogP) is 1.35. The van der Waals surface area contributed by atoms with Crippen molar-refractivity contribution in [3.05, 3.63) is 57.4 Å². The molecule has 5 heteroatoms. The highest BCUT2D eigenvalue weighted by Crippen LogP contribution is 2.38. The third-order valence-electron chi connectivity index (χ3n) is 3.29. The molecule has 0 saturated heterocycles. The summed E-state index contributed by atoms with van der Waals surface area (Å²) >= 11 is 0. The second kappa shape index (κ2) is 4.18. The van der Waals surface area contributed by atoms with Gasteiger partial charge < -0.3 is 15.5 Å². The van der Waals surface area contributed by atoms with Gasteiger partial charge in [0.25, 0.3) is 5.56 Å². The number of benzene rings is 1. The van der Waals surface area contributed by atoms with E-state index in [1.54, 1.807) is 0 Å². The molecule has 94 valence electrons. The van der Waals surface area contributed by atoms with Crippen molar-refractivity contribution in [1.82, 2.24) is 4.98 Å². The van der Waals surface area contributed by atoms with Gasteiger partial charge in [-0.1, -0.05) is 30.3 Å². The summed E-state index contributed by atoms with van der Waals surface area (Å²) in [5.41, 5.74) is 7.01. The number of nitrogen functional groups attached to an aromatic ring is 1. The molecule has 3 N–H and O–H groups in total. The summed E-state index contributed by atoms with van der Waals surface area (Å²) in [7, 11) is 0. The van der Waals surface area contributed by atoms with E-state index in [0.29, 0.717) is 17.9 Å². The maximum atomic E-state index is 12.1. The molecule has 0 bridgehead atoms. The van der Waals surface area contributed by atoms with E-state index in [-0.39, 0.29) is 22.9 Å². The molecule has 0 saturated carbocycles. The van der Waals surface area contributed by atoms with Gasteiger partial charge in [-0.05, 0) is 5.56 Å². The van der Waals surface area contributed by atoms with Crippen LogP contribution in [0.1, 0.15) is 22.6 Å². The van der Waals surface area contributed by atoms with Gasteiger partial charge in [0.1, 0.15) is 23.2 Å². The lowest BCUT2D eigenvalue weighted by Crippen LogP contribution is -2.17. The quantitative estimate of drug-likeness (QED) is 0.802. The SMILES string of the molecule is N#Cc1c(N)[nH]c(=O)c2c1OCC2c1ccccc1. The lowest BCUT2D eigenvalue weighted by molar-refractivity contribution is 0.342. The van der Waals surface area contributed by atoms with Crippen LogP contribution in [0.25, 0.3) is 0 Å². The monoisotopic (exact) mass is 253 g/mol. The fourth-order valence-corrected chi connectivity index (χ4v) is 2.39. The number of rotatable bonds is 1. The van der Waals surface area contributed by atoms with Crippen LogP contribution < -0.4 is 16.0 Å². The highest BCUT2D eigenvalue weighted by molar-refractivity contribution is 5.62. The van der Waals surface area contributed by atoms with E-state index in [1.165, 1.54) is 0 Å². The molecule has 0 fully saturated rings. The maximum absolute atomic E-state index is 12.1. The Hall–Kier alpha value is -2.74. The first-order valence-corrected chi connectivity index (χ1v) is 5.86. The number of hydrogen-bond acceptors (Lipinski definition) is 4. The standard InChI is InChI=1S/C14H11N3O2/c15-6-9-12-11(14(18)17-13(9)16)10(7-19-12)8-4-2-1-3-5-8/h1-5,10H,7H2,(H3,16,17,18). The number of aromatic amines is 1. The lowest BCUT2D eigenvalue weighted by atomic mass is 9.93. The second-order valence-electron chi connectivity index (χ2n) is 4.37. The molecular weight excluding hydrogens is 242 g/mol. The Bertz CT molecular complexity index is 729.